The molecule has 8 nitrogen and oxygen atoms in total. The molecule has 0 saturated heterocycles. The van der Waals surface area contributed by atoms with Crippen molar-refractivity contribution in [2.24, 2.45) is 0 Å². The molecule has 0 radical (unpaired) electrons. The predicted molar refractivity (Wildman–Crippen MR) is 99.9 cm³/mol. The van der Waals surface area contributed by atoms with Crippen molar-refractivity contribution in [3.63, 3.8) is 0 Å². The van der Waals surface area contributed by atoms with Gasteiger partial charge in [-0.1, -0.05) is 11.8 Å². The monoisotopic (exact) mass is 420 g/mol. The Morgan fingerprint density at radius 1 is 1.21 bits per heavy atom. The summed E-state index contributed by atoms with van der Waals surface area (Å²) in [6, 6.07) is 11.3. The number of hydrogen-bond donors (Lipinski definition) is 1. The predicted octanol–water partition coefficient (Wildman–Crippen LogP) is 3.33. The molecule has 0 fully saturated rings. The first kappa shape index (κ1) is 19.0. The molecular formula is C18H14F2N4O4S. The highest BCUT2D eigenvalue weighted by molar-refractivity contribution is 7.99. The van der Waals surface area contributed by atoms with Crippen LogP contribution in [0.25, 0.3) is 5.69 Å². The van der Waals surface area contributed by atoms with Gasteiger partial charge in [0.1, 0.15) is 12.1 Å². The van der Waals surface area contributed by atoms with Crippen LogP contribution in [-0.2, 0) is 4.79 Å². The molecule has 0 atom stereocenters. The molecule has 0 aliphatic carbocycles. The quantitative estimate of drug-likeness (QED) is 0.612. The molecule has 0 unspecified atom stereocenters. The fourth-order valence-corrected chi connectivity index (χ4v) is 3.33. The largest absolute Gasteiger partial charge is 0.586 e. The number of thioether (sulfide) groups is 1. The average molecular weight is 420 g/mol. The number of fused-ring (bicyclic) bond motifs is 1. The zero-order valence-corrected chi connectivity index (χ0v) is 15.8. The van der Waals surface area contributed by atoms with Crippen molar-refractivity contribution in [2.75, 3.05) is 18.2 Å². The molecule has 1 aliphatic rings. The Labute approximate surface area is 167 Å². The van der Waals surface area contributed by atoms with Crippen molar-refractivity contribution in [1.29, 1.82) is 0 Å². The second-order valence-electron chi connectivity index (χ2n) is 5.85. The number of alkyl halides is 2. The zero-order chi connectivity index (χ0) is 20.4. The van der Waals surface area contributed by atoms with Gasteiger partial charge in [-0.25, -0.2) is 0 Å². The number of rotatable bonds is 6. The normalized spacial score (nSPS) is 13.9. The Bertz CT molecular complexity index is 1040. The first-order valence-electron chi connectivity index (χ1n) is 8.30. The number of hydrogen-bond acceptors (Lipinski definition) is 7. The lowest BCUT2D eigenvalue weighted by Gasteiger charge is -2.08. The summed E-state index contributed by atoms with van der Waals surface area (Å²) in [6.07, 6.45) is -2.16. The number of halogens is 2. The highest BCUT2D eigenvalue weighted by Crippen LogP contribution is 2.42. The molecule has 4 rings (SSSR count). The summed E-state index contributed by atoms with van der Waals surface area (Å²) in [6.45, 7) is 0. The fourth-order valence-electron chi connectivity index (χ4n) is 2.60. The van der Waals surface area contributed by atoms with Gasteiger partial charge in [0, 0.05) is 17.4 Å². The van der Waals surface area contributed by atoms with E-state index in [9.17, 15) is 13.6 Å². The van der Waals surface area contributed by atoms with Gasteiger partial charge in [-0.2, -0.15) is 0 Å². The van der Waals surface area contributed by atoms with Crippen molar-refractivity contribution in [2.45, 2.75) is 11.5 Å². The number of carbonyl (C=O) groups is 1. The van der Waals surface area contributed by atoms with E-state index in [4.69, 9.17) is 4.74 Å². The SMILES string of the molecule is COc1ccc(-n2cnnc2SCC(=O)Nc2ccc3c(c2)OC(F)(F)O3)cc1. The zero-order valence-electron chi connectivity index (χ0n) is 15.0. The van der Waals surface area contributed by atoms with E-state index < -0.39 is 6.29 Å². The van der Waals surface area contributed by atoms with Crippen molar-refractivity contribution < 1.29 is 27.8 Å². The number of benzene rings is 2. The summed E-state index contributed by atoms with van der Waals surface area (Å²) >= 11 is 1.18. The van der Waals surface area contributed by atoms with Crippen LogP contribution in [0.15, 0.2) is 53.9 Å². The van der Waals surface area contributed by atoms with Gasteiger partial charge in [0.2, 0.25) is 5.91 Å². The number of nitrogens with zero attached hydrogens (tertiary/aromatic N) is 3. The molecular weight excluding hydrogens is 406 g/mol. The third-order valence-corrected chi connectivity index (χ3v) is 4.83. The molecule has 2 aromatic carbocycles. The van der Waals surface area contributed by atoms with Crippen molar-refractivity contribution in [3.8, 4) is 22.9 Å². The van der Waals surface area contributed by atoms with Gasteiger partial charge >= 0.3 is 6.29 Å². The number of aromatic nitrogens is 3. The highest BCUT2D eigenvalue weighted by Gasteiger charge is 2.43. The third kappa shape index (κ3) is 4.24. The molecule has 11 heteroatoms. The number of ether oxygens (including phenoxy) is 3. The van der Waals surface area contributed by atoms with Gasteiger partial charge in [0.25, 0.3) is 0 Å². The van der Waals surface area contributed by atoms with Crippen LogP contribution in [0.2, 0.25) is 0 Å². The maximum atomic E-state index is 13.1. The van der Waals surface area contributed by atoms with E-state index >= 15 is 0 Å². The molecule has 1 N–H and O–H groups in total. The Balaban J connectivity index is 1.38. The summed E-state index contributed by atoms with van der Waals surface area (Å²) in [5, 5.41) is 11.1. The molecule has 1 aliphatic heterocycles. The van der Waals surface area contributed by atoms with E-state index in [1.54, 1.807) is 30.1 Å². The van der Waals surface area contributed by atoms with Crippen LogP contribution in [0.5, 0.6) is 17.2 Å². The number of amides is 1. The molecule has 150 valence electrons. The van der Waals surface area contributed by atoms with Crippen LogP contribution >= 0.6 is 11.8 Å². The highest BCUT2D eigenvalue weighted by atomic mass is 32.2. The van der Waals surface area contributed by atoms with Crippen LogP contribution in [0.1, 0.15) is 0 Å². The van der Waals surface area contributed by atoms with Gasteiger partial charge in [0.05, 0.1) is 12.9 Å². The lowest BCUT2D eigenvalue weighted by molar-refractivity contribution is -0.286. The average Bonchev–Trinajstić information content (AvgIpc) is 3.28. The van der Waals surface area contributed by atoms with E-state index in [2.05, 4.69) is 25.0 Å². The Kier molecular flexibility index (Phi) is 4.97. The Morgan fingerprint density at radius 2 is 1.97 bits per heavy atom. The van der Waals surface area contributed by atoms with Crippen LogP contribution in [0, 0.1) is 0 Å². The topological polar surface area (TPSA) is 87.5 Å². The maximum Gasteiger partial charge on any atom is 0.586 e. The summed E-state index contributed by atoms with van der Waals surface area (Å²) in [4.78, 5) is 12.2. The van der Waals surface area contributed by atoms with Crippen molar-refractivity contribution in [1.82, 2.24) is 14.8 Å². The number of carbonyl (C=O) groups excluding carboxylic acids is 1. The van der Waals surface area contributed by atoms with Gasteiger partial charge in [-0.3, -0.25) is 9.36 Å². The van der Waals surface area contributed by atoms with E-state index in [1.165, 1.54) is 30.0 Å². The van der Waals surface area contributed by atoms with Gasteiger partial charge in [-0.05, 0) is 36.4 Å². The molecule has 29 heavy (non-hydrogen) atoms. The second-order valence-corrected chi connectivity index (χ2v) is 6.79. The van der Waals surface area contributed by atoms with Crippen LogP contribution in [-0.4, -0.2) is 39.8 Å². The van der Waals surface area contributed by atoms with Crippen molar-refractivity contribution in [3.05, 3.63) is 48.8 Å². The van der Waals surface area contributed by atoms with Crippen LogP contribution < -0.4 is 19.5 Å². The number of nitrogens with one attached hydrogen (secondary N) is 1. The molecule has 3 aromatic rings. The first-order chi connectivity index (χ1) is 13.9. The van der Waals surface area contributed by atoms with E-state index in [-0.39, 0.29) is 23.2 Å². The van der Waals surface area contributed by atoms with Crippen LogP contribution in [0.3, 0.4) is 0 Å². The lowest BCUT2D eigenvalue weighted by Crippen LogP contribution is -2.25. The minimum Gasteiger partial charge on any atom is -0.497 e. The minimum absolute atomic E-state index is 0.0411. The van der Waals surface area contributed by atoms with Crippen LogP contribution in [0.4, 0.5) is 14.5 Å². The Morgan fingerprint density at radius 3 is 2.72 bits per heavy atom. The lowest BCUT2D eigenvalue weighted by atomic mass is 10.3. The number of anilines is 1. The first-order valence-corrected chi connectivity index (χ1v) is 9.29. The summed E-state index contributed by atoms with van der Waals surface area (Å²) in [5.41, 5.74) is 1.13. The van der Waals surface area contributed by atoms with Gasteiger partial charge < -0.3 is 19.5 Å². The summed E-state index contributed by atoms with van der Waals surface area (Å²) < 4.78 is 41.7. The Hall–Kier alpha value is -3.34. The molecule has 2 heterocycles. The van der Waals surface area contributed by atoms with Gasteiger partial charge in [-0.15, -0.1) is 19.0 Å². The van der Waals surface area contributed by atoms with E-state index in [1.807, 2.05) is 12.1 Å². The molecule has 1 aromatic heterocycles. The van der Waals surface area contributed by atoms with E-state index in [0.717, 1.165) is 11.4 Å². The molecule has 1 amide bonds. The summed E-state index contributed by atoms with van der Waals surface area (Å²) in [7, 11) is 1.58. The van der Waals surface area contributed by atoms with Crippen molar-refractivity contribution >= 4 is 23.4 Å². The summed E-state index contributed by atoms with van der Waals surface area (Å²) in [5.74, 6) is 0.191. The minimum atomic E-state index is -3.70. The standard InChI is InChI=1S/C18H14F2N4O4S/c1-26-13-5-3-12(4-6-13)24-10-21-23-17(24)29-9-16(25)22-11-2-7-14-15(8-11)28-18(19,20)27-14/h2-8,10H,9H2,1H3,(H,22,25). The second kappa shape index (κ2) is 7.59. The number of methoxy groups -OCH3 is 1. The van der Waals surface area contributed by atoms with E-state index in [0.29, 0.717) is 10.8 Å². The smallest absolute Gasteiger partial charge is 0.497 e. The molecule has 0 saturated carbocycles. The molecule has 0 bridgehead atoms. The fraction of sp³-hybridized carbons (Fsp3) is 0.167. The molecule has 0 spiro atoms. The maximum absolute atomic E-state index is 13.1. The third-order valence-electron chi connectivity index (χ3n) is 3.88. The van der Waals surface area contributed by atoms with Gasteiger partial charge in [0.15, 0.2) is 16.7 Å².